The molecule has 0 saturated carbocycles. The zero-order chi connectivity index (χ0) is 31.8. The second kappa shape index (κ2) is 10.4. The van der Waals surface area contributed by atoms with Gasteiger partial charge in [0.25, 0.3) is 0 Å². The summed E-state index contributed by atoms with van der Waals surface area (Å²) < 4.78 is 8.81. The third kappa shape index (κ3) is 3.98. The van der Waals surface area contributed by atoms with Crippen molar-refractivity contribution in [2.75, 3.05) is 0 Å². The maximum Gasteiger partial charge on any atom is 0.136 e. The minimum absolute atomic E-state index is 0.865. The fourth-order valence-electron chi connectivity index (χ4n) is 7.75. The molecule has 0 saturated heterocycles. The second-order valence-electron chi connectivity index (χ2n) is 12.6. The lowest BCUT2D eigenvalue weighted by Gasteiger charge is -2.18. The molecule has 226 valence electrons. The van der Waals surface area contributed by atoms with Crippen LogP contribution in [0, 0.1) is 0 Å². The summed E-state index contributed by atoms with van der Waals surface area (Å²) in [4.78, 5) is 4.91. The van der Waals surface area contributed by atoms with Crippen molar-refractivity contribution in [1.82, 2.24) is 9.55 Å². The van der Waals surface area contributed by atoms with E-state index in [-0.39, 0.29) is 0 Å². The van der Waals surface area contributed by atoms with Crippen molar-refractivity contribution in [3.8, 4) is 27.9 Å². The summed E-state index contributed by atoms with van der Waals surface area (Å²) in [5.41, 5.74) is 9.94. The Morgan fingerprint density at radius 2 is 1.06 bits per heavy atom. The predicted molar refractivity (Wildman–Crippen MR) is 201 cm³/mol. The van der Waals surface area contributed by atoms with E-state index in [0.29, 0.717) is 0 Å². The number of nitrogens with zero attached hydrogens (tertiary/aromatic N) is 2. The first-order valence-corrected chi connectivity index (χ1v) is 16.6. The first-order chi connectivity index (χ1) is 23.7. The highest BCUT2D eigenvalue weighted by Gasteiger charge is 2.19. The van der Waals surface area contributed by atoms with Gasteiger partial charge in [-0.3, -0.25) is 4.57 Å². The molecule has 0 aliphatic carbocycles. The van der Waals surface area contributed by atoms with Gasteiger partial charge in [-0.1, -0.05) is 110 Å². The van der Waals surface area contributed by atoms with E-state index in [0.717, 1.165) is 56.5 Å². The number of benzene rings is 8. The van der Waals surface area contributed by atoms with E-state index in [1.165, 1.54) is 49.0 Å². The van der Waals surface area contributed by atoms with E-state index in [1.54, 1.807) is 0 Å². The first-order valence-electron chi connectivity index (χ1n) is 16.6. The summed E-state index contributed by atoms with van der Waals surface area (Å²) in [5, 5.41) is 9.63. The van der Waals surface area contributed by atoms with Crippen LogP contribution in [0.15, 0.2) is 156 Å². The van der Waals surface area contributed by atoms with Gasteiger partial charge in [0.1, 0.15) is 17.0 Å². The number of hydrogen-bond acceptors (Lipinski definition) is 2. The van der Waals surface area contributed by atoms with Gasteiger partial charge in [-0.15, -0.1) is 0 Å². The van der Waals surface area contributed by atoms with Gasteiger partial charge < -0.3 is 4.42 Å². The van der Waals surface area contributed by atoms with Gasteiger partial charge in [-0.2, -0.15) is 0 Å². The number of fused-ring (bicyclic) bond motifs is 7. The molecule has 0 bridgehead atoms. The summed E-state index contributed by atoms with van der Waals surface area (Å²) in [6, 6.07) is 54.6. The molecule has 3 nitrogen and oxygen atoms in total. The minimum atomic E-state index is 0.865. The number of imidazole rings is 1. The van der Waals surface area contributed by atoms with Crippen molar-refractivity contribution in [3.63, 3.8) is 0 Å². The zero-order valence-electron chi connectivity index (χ0n) is 26.4. The Kier molecular flexibility index (Phi) is 5.85. The van der Waals surface area contributed by atoms with Crippen molar-refractivity contribution < 1.29 is 4.42 Å². The van der Waals surface area contributed by atoms with Crippen molar-refractivity contribution in [1.29, 1.82) is 0 Å². The van der Waals surface area contributed by atoms with Crippen molar-refractivity contribution in [2.24, 2.45) is 0 Å². The van der Waals surface area contributed by atoms with Crippen LogP contribution in [0.2, 0.25) is 0 Å². The Balaban J connectivity index is 1.17. The number of hydrogen-bond donors (Lipinski definition) is 0. The summed E-state index contributed by atoms with van der Waals surface area (Å²) in [6.07, 6.45) is 0.865. The van der Waals surface area contributed by atoms with Gasteiger partial charge in [0, 0.05) is 22.9 Å². The van der Waals surface area contributed by atoms with Crippen molar-refractivity contribution in [2.45, 2.75) is 13.3 Å². The molecule has 2 aromatic heterocycles. The van der Waals surface area contributed by atoms with Crippen LogP contribution in [0.3, 0.4) is 0 Å². The molecule has 0 radical (unpaired) electrons. The lowest BCUT2D eigenvalue weighted by atomic mass is 9.86. The Bertz CT molecular complexity index is 2820. The average molecular weight is 615 g/mol. The van der Waals surface area contributed by atoms with E-state index in [4.69, 9.17) is 9.40 Å². The molecule has 8 aromatic carbocycles. The normalized spacial score (nSPS) is 11.9. The molecule has 0 N–H and O–H groups in total. The molecule has 48 heavy (non-hydrogen) atoms. The Hall–Kier alpha value is -6.19. The van der Waals surface area contributed by atoms with Crippen molar-refractivity contribution in [3.05, 3.63) is 157 Å². The number of aryl methyl sites for hydroxylation is 1. The van der Waals surface area contributed by atoms with Crippen LogP contribution < -0.4 is 0 Å². The molecule has 0 atom stereocenters. The zero-order valence-corrected chi connectivity index (χ0v) is 26.4. The van der Waals surface area contributed by atoms with Crippen LogP contribution in [0.1, 0.15) is 12.7 Å². The van der Waals surface area contributed by atoms with Crippen LogP contribution >= 0.6 is 0 Å². The summed E-state index contributed by atoms with van der Waals surface area (Å²) in [7, 11) is 0. The number of aromatic nitrogens is 2. The van der Waals surface area contributed by atoms with E-state index in [2.05, 4.69) is 163 Å². The molecule has 2 heterocycles. The highest BCUT2D eigenvalue weighted by molar-refractivity contribution is 6.22. The maximum absolute atomic E-state index is 6.52. The molecule has 0 spiro atoms. The van der Waals surface area contributed by atoms with Crippen LogP contribution in [-0.2, 0) is 6.42 Å². The monoisotopic (exact) mass is 614 g/mol. The van der Waals surface area contributed by atoms with Crippen LogP contribution in [0.4, 0.5) is 0 Å². The third-order valence-electron chi connectivity index (χ3n) is 9.92. The summed E-state index contributed by atoms with van der Waals surface area (Å²) in [6.45, 7) is 2.17. The van der Waals surface area contributed by atoms with E-state index >= 15 is 0 Å². The second-order valence-corrected chi connectivity index (χ2v) is 12.6. The van der Waals surface area contributed by atoms with Gasteiger partial charge in [0.2, 0.25) is 0 Å². The largest absolute Gasteiger partial charge is 0.456 e. The highest BCUT2D eigenvalue weighted by Crippen LogP contribution is 2.45. The van der Waals surface area contributed by atoms with Gasteiger partial charge in [0.05, 0.1) is 11.0 Å². The van der Waals surface area contributed by atoms with Crippen molar-refractivity contribution >= 4 is 65.3 Å². The van der Waals surface area contributed by atoms with E-state index in [9.17, 15) is 0 Å². The Morgan fingerprint density at radius 1 is 0.500 bits per heavy atom. The first kappa shape index (κ1) is 27.0. The molecule has 0 fully saturated rings. The van der Waals surface area contributed by atoms with Gasteiger partial charge in [0.15, 0.2) is 0 Å². The Labute approximate surface area is 277 Å². The molecular weight excluding hydrogens is 585 g/mol. The Morgan fingerprint density at radius 3 is 1.75 bits per heavy atom. The predicted octanol–water partition coefficient (Wildman–Crippen LogP) is 12.3. The molecule has 10 rings (SSSR count). The molecule has 0 unspecified atom stereocenters. The number of furan rings is 1. The van der Waals surface area contributed by atoms with Gasteiger partial charge in [-0.05, 0) is 103 Å². The lowest BCUT2D eigenvalue weighted by Crippen LogP contribution is -2.00. The smallest absolute Gasteiger partial charge is 0.136 e. The highest BCUT2D eigenvalue weighted by atomic mass is 16.3. The van der Waals surface area contributed by atoms with Crippen LogP contribution in [0.25, 0.3) is 93.2 Å². The molecule has 0 aliphatic heterocycles. The molecule has 3 heteroatoms. The van der Waals surface area contributed by atoms with Crippen LogP contribution in [0.5, 0.6) is 0 Å². The van der Waals surface area contributed by atoms with E-state index < -0.39 is 0 Å². The maximum atomic E-state index is 6.52. The lowest BCUT2D eigenvalue weighted by molar-refractivity contribution is 0.669. The summed E-state index contributed by atoms with van der Waals surface area (Å²) in [5.74, 6) is 1.07. The quantitative estimate of drug-likeness (QED) is 0.185. The summed E-state index contributed by atoms with van der Waals surface area (Å²) >= 11 is 0. The SMILES string of the molecule is CCc1nc2ccccc2n1-c1ccc(-c2c3ccccc3c(-c3ccc4c(c3)oc3cc5ccccc5cc34)c3ccccc23)cc1. The fourth-order valence-corrected chi connectivity index (χ4v) is 7.75. The van der Waals surface area contributed by atoms with Gasteiger partial charge >= 0.3 is 0 Å². The number of rotatable bonds is 4. The molecule has 0 aliphatic rings. The topological polar surface area (TPSA) is 31.0 Å². The van der Waals surface area contributed by atoms with E-state index in [1.807, 2.05) is 0 Å². The molecular formula is C45H30N2O. The third-order valence-corrected chi connectivity index (χ3v) is 9.92. The standard InChI is InChI=1S/C45H30N2O/c1-2-43-46-39-17-9-10-18-40(39)47(43)32-22-19-28(20-23-32)44-34-13-5-7-15-36(34)45(37-16-8-6-14-35(37)44)31-21-24-33-38-25-29-11-3-4-12-30(29)26-42(38)48-41(33)27-31/h3-27H,2H2,1H3. The minimum Gasteiger partial charge on any atom is -0.456 e. The average Bonchev–Trinajstić information content (AvgIpc) is 3.70. The van der Waals surface area contributed by atoms with Gasteiger partial charge in [-0.25, -0.2) is 4.98 Å². The van der Waals surface area contributed by atoms with Crippen LogP contribution in [-0.4, -0.2) is 9.55 Å². The molecule has 0 amide bonds. The molecule has 10 aromatic rings. The number of para-hydroxylation sites is 2. The fraction of sp³-hybridized carbons (Fsp3) is 0.0444.